The summed E-state index contributed by atoms with van der Waals surface area (Å²) in [6.07, 6.45) is 3.32. The molecule has 2 aliphatic rings. The summed E-state index contributed by atoms with van der Waals surface area (Å²) < 4.78 is 7.96. The van der Waals surface area contributed by atoms with E-state index in [4.69, 9.17) is 4.74 Å². The van der Waals surface area contributed by atoms with Crippen molar-refractivity contribution in [2.75, 3.05) is 39.3 Å². The number of hydrogen-bond donors (Lipinski definition) is 2. The van der Waals surface area contributed by atoms with Crippen LogP contribution in [0.5, 0.6) is 0 Å². The molecular weight excluding hydrogens is 304 g/mol. The number of fused-ring (bicyclic) bond motifs is 1. The Balaban J connectivity index is 1.36. The average Bonchev–Trinajstić information content (AvgIpc) is 2.91. The van der Waals surface area contributed by atoms with Crippen molar-refractivity contribution in [3.8, 4) is 0 Å². The second-order valence-corrected chi connectivity index (χ2v) is 7.04. The molecule has 2 N–H and O–H groups in total. The lowest BCUT2D eigenvalue weighted by Gasteiger charge is -2.45. The van der Waals surface area contributed by atoms with Crippen LogP contribution < -0.4 is 11.0 Å². The zero-order valence-electron chi connectivity index (χ0n) is 14.1. The largest absolute Gasteiger partial charge is 0.371 e. The molecule has 1 aromatic carbocycles. The standard InChI is InChI=1S/C18H26N4O2/c23-17-20-15-5-1-2-6-16(15)22(17)10-4-9-21-11-12-24-18(14-21)7-3-8-19-13-18/h1-2,5-6,19H,3-4,7-14H2,(H,20,23). The van der Waals surface area contributed by atoms with Crippen molar-refractivity contribution in [3.63, 3.8) is 0 Å². The third kappa shape index (κ3) is 3.14. The van der Waals surface area contributed by atoms with Crippen LogP contribution in [0.1, 0.15) is 19.3 Å². The summed E-state index contributed by atoms with van der Waals surface area (Å²) in [6, 6.07) is 7.89. The molecule has 2 aliphatic heterocycles. The summed E-state index contributed by atoms with van der Waals surface area (Å²) in [5, 5.41) is 3.47. The molecule has 2 aromatic rings. The van der Waals surface area contributed by atoms with Crippen molar-refractivity contribution in [3.05, 3.63) is 34.7 Å². The summed E-state index contributed by atoms with van der Waals surface area (Å²) in [6.45, 7) is 6.64. The lowest BCUT2D eigenvalue weighted by molar-refractivity contribution is -0.119. The zero-order chi connectivity index (χ0) is 16.4. The highest BCUT2D eigenvalue weighted by atomic mass is 16.5. The number of benzene rings is 1. The summed E-state index contributed by atoms with van der Waals surface area (Å²) >= 11 is 0. The highest BCUT2D eigenvalue weighted by Crippen LogP contribution is 2.25. The maximum absolute atomic E-state index is 12.1. The third-order valence-electron chi connectivity index (χ3n) is 5.30. The van der Waals surface area contributed by atoms with Crippen molar-refractivity contribution in [2.45, 2.75) is 31.4 Å². The van der Waals surface area contributed by atoms with E-state index in [9.17, 15) is 4.79 Å². The number of nitrogens with one attached hydrogen (secondary N) is 2. The van der Waals surface area contributed by atoms with Gasteiger partial charge in [-0.05, 0) is 37.9 Å². The monoisotopic (exact) mass is 330 g/mol. The van der Waals surface area contributed by atoms with E-state index < -0.39 is 0 Å². The van der Waals surface area contributed by atoms with Crippen LogP contribution in [0.3, 0.4) is 0 Å². The van der Waals surface area contributed by atoms with Gasteiger partial charge in [0.15, 0.2) is 0 Å². The molecule has 0 amide bonds. The minimum atomic E-state index is -0.00821. The summed E-state index contributed by atoms with van der Waals surface area (Å²) in [5.74, 6) is 0. The predicted molar refractivity (Wildman–Crippen MR) is 94.4 cm³/mol. The molecule has 1 atom stereocenters. The number of imidazole rings is 1. The maximum Gasteiger partial charge on any atom is 0.326 e. The van der Waals surface area contributed by atoms with E-state index in [0.29, 0.717) is 0 Å². The fraction of sp³-hybridized carbons (Fsp3) is 0.611. The van der Waals surface area contributed by atoms with Gasteiger partial charge in [0.25, 0.3) is 0 Å². The first kappa shape index (κ1) is 15.9. The molecule has 1 aromatic heterocycles. The topological polar surface area (TPSA) is 62.3 Å². The van der Waals surface area contributed by atoms with Crippen molar-refractivity contribution in [1.29, 1.82) is 0 Å². The Labute approximate surface area is 141 Å². The second-order valence-electron chi connectivity index (χ2n) is 7.04. The van der Waals surface area contributed by atoms with Crippen molar-refractivity contribution < 1.29 is 4.74 Å². The first-order valence-electron chi connectivity index (χ1n) is 9.00. The molecule has 1 spiro atoms. The normalized spacial score (nSPS) is 25.5. The molecule has 1 unspecified atom stereocenters. The smallest absolute Gasteiger partial charge is 0.326 e. The molecule has 6 heteroatoms. The molecule has 2 saturated heterocycles. The number of aromatic nitrogens is 2. The van der Waals surface area contributed by atoms with Crippen LogP contribution in [0.15, 0.2) is 29.1 Å². The van der Waals surface area contributed by atoms with Gasteiger partial charge in [0.1, 0.15) is 0 Å². The molecule has 4 rings (SSSR count). The first-order chi connectivity index (χ1) is 11.8. The van der Waals surface area contributed by atoms with Crippen LogP contribution in [0.2, 0.25) is 0 Å². The molecular formula is C18H26N4O2. The molecule has 0 aliphatic carbocycles. The summed E-state index contributed by atoms with van der Waals surface area (Å²) in [7, 11) is 0. The lowest BCUT2D eigenvalue weighted by atomic mass is 9.92. The molecule has 0 saturated carbocycles. The number of piperidine rings is 1. The molecule has 3 heterocycles. The number of hydrogen-bond acceptors (Lipinski definition) is 4. The second kappa shape index (κ2) is 6.70. The fourth-order valence-electron chi connectivity index (χ4n) is 4.09. The van der Waals surface area contributed by atoms with Gasteiger partial charge in [0.2, 0.25) is 0 Å². The molecule has 24 heavy (non-hydrogen) atoms. The number of H-pyrrole nitrogens is 1. The van der Waals surface area contributed by atoms with E-state index >= 15 is 0 Å². The summed E-state index contributed by atoms with van der Waals surface area (Å²) in [4.78, 5) is 17.6. The minimum Gasteiger partial charge on any atom is -0.371 e. The van der Waals surface area contributed by atoms with E-state index in [1.807, 2.05) is 28.8 Å². The van der Waals surface area contributed by atoms with Gasteiger partial charge in [-0.25, -0.2) is 4.79 Å². The Kier molecular flexibility index (Phi) is 4.43. The minimum absolute atomic E-state index is 0.00805. The third-order valence-corrected chi connectivity index (χ3v) is 5.30. The van der Waals surface area contributed by atoms with Crippen molar-refractivity contribution in [1.82, 2.24) is 19.8 Å². The number of aromatic amines is 1. The van der Waals surface area contributed by atoms with Gasteiger partial charge >= 0.3 is 5.69 Å². The van der Waals surface area contributed by atoms with Crippen LogP contribution in [-0.4, -0.2) is 59.4 Å². The number of morpholine rings is 1. The number of nitrogens with zero attached hydrogens (tertiary/aromatic N) is 2. The Hall–Kier alpha value is -1.63. The van der Waals surface area contributed by atoms with Gasteiger partial charge in [-0.1, -0.05) is 12.1 Å². The highest BCUT2D eigenvalue weighted by Gasteiger charge is 2.37. The van der Waals surface area contributed by atoms with Crippen molar-refractivity contribution in [2.24, 2.45) is 0 Å². The lowest BCUT2D eigenvalue weighted by Crippen LogP contribution is -2.59. The Morgan fingerprint density at radius 3 is 3.04 bits per heavy atom. The SMILES string of the molecule is O=c1[nH]c2ccccc2n1CCCN1CCOC2(CCCNC2)C1. The van der Waals surface area contributed by atoms with E-state index in [2.05, 4.69) is 15.2 Å². The van der Waals surface area contributed by atoms with Crippen LogP contribution in [0, 0.1) is 0 Å². The summed E-state index contributed by atoms with van der Waals surface area (Å²) in [5.41, 5.74) is 1.92. The Morgan fingerprint density at radius 2 is 2.17 bits per heavy atom. The van der Waals surface area contributed by atoms with E-state index in [0.717, 1.165) is 69.8 Å². The molecule has 6 nitrogen and oxygen atoms in total. The fourth-order valence-corrected chi connectivity index (χ4v) is 4.09. The first-order valence-corrected chi connectivity index (χ1v) is 9.00. The van der Waals surface area contributed by atoms with Gasteiger partial charge in [-0.15, -0.1) is 0 Å². The van der Waals surface area contributed by atoms with E-state index in [-0.39, 0.29) is 11.3 Å². The van der Waals surface area contributed by atoms with Gasteiger partial charge in [-0.2, -0.15) is 0 Å². The van der Waals surface area contributed by atoms with Crippen LogP contribution in [0.25, 0.3) is 11.0 Å². The number of rotatable bonds is 4. The maximum atomic E-state index is 12.1. The van der Waals surface area contributed by atoms with E-state index in [1.54, 1.807) is 0 Å². The average molecular weight is 330 g/mol. The predicted octanol–water partition coefficient (Wildman–Crippen LogP) is 1.17. The zero-order valence-corrected chi connectivity index (χ0v) is 14.1. The van der Waals surface area contributed by atoms with Gasteiger partial charge in [0, 0.05) is 32.7 Å². The number of para-hydroxylation sites is 2. The van der Waals surface area contributed by atoms with Crippen LogP contribution >= 0.6 is 0 Å². The Morgan fingerprint density at radius 1 is 1.25 bits per heavy atom. The molecule has 2 fully saturated rings. The van der Waals surface area contributed by atoms with Crippen LogP contribution in [0.4, 0.5) is 0 Å². The van der Waals surface area contributed by atoms with Gasteiger partial charge < -0.3 is 15.0 Å². The van der Waals surface area contributed by atoms with Gasteiger partial charge in [0.05, 0.1) is 23.2 Å². The Bertz CT molecular complexity index is 739. The van der Waals surface area contributed by atoms with E-state index in [1.165, 1.54) is 6.42 Å². The van der Waals surface area contributed by atoms with Crippen LogP contribution in [-0.2, 0) is 11.3 Å². The molecule has 0 bridgehead atoms. The van der Waals surface area contributed by atoms with Gasteiger partial charge in [-0.3, -0.25) is 9.47 Å². The number of ether oxygens (including phenoxy) is 1. The molecule has 0 radical (unpaired) electrons. The highest BCUT2D eigenvalue weighted by molar-refractivity contribution is 5.74. The molecule has 130 valence electrons. The number of aryl methyl sites for hydroxylation is 1. The quantitative estimate of drug-likeness (QED) is 0.883. The van der Waals surface area contributed by atoms with Crippen molar-refractivity contribution >= 4 is 11.0 Å².